The summed E-state index contributed by atoms with van der Waals surface area (Å²) in [5.41, 5.74) is 0.952. The maximum absolute atomic E-state index is 5.56. The van der Waals surface area contributed by atoms with Gasteiger partial charge in [-0.05, 0) is 18.9 Å². The van der Waals surface area contributed by atoms with Gasteiger partial charge in [-0.25, -0.2) is 4.98 Å². The second-order valence-electron chi connectivity index (χ2n) is 4.18. The highest BCUT2D eigenvalue weighted by molar-refractivity contribution is 7.59. The van der Waals surface area contributed by atoms with Gasteiger partial charge in [-0.2, -0.15) is 54.0 Å². The molecule has 0 saturated carbocycles. The molecule has 0 unspecified atom stereocenters. The Hall–Kier alpha value is 0.607. The van der Waals surface area contributed by atoms with E-state index in [0.717, 1.165) is 33.3 Å². The van der Waals surface area contributed by atoms with Crippen molar-refractivity contribution in [3.63, 3.8) is 0 Å². The topological polar surface area (TPSA) is 40.6 Å². The summed E-state index contributed by atoms with van der Waals surface area (Å²) < 4.78 is 17.8. The lowest BCUT2D eigenvalue weighted by molar-refractivity contribution is 0.140. The van der Waals surface area contributed by atoms with Crippen molar-refractivity contribution >= 4 is 89.5 Å². The fraction of sp³-hybridized carbons (Fsp3) is 0.462. The Bertz CT molecular complexity index is 557. The van der Waals surface area contributed by atoms with Crippen LogP contribution in [0.3, 0.4) is 0 Å². The van der Waals surface area contributed by atoms with Crippen LogP contribution in [0.4, 0.5) is 0 Å². The predicted octanol–water partition coefficient (Wildman–Crippen LogP) is 2.79. The summed E-state index contributed by atoms with van der Waals surface area (Å²) in [5.74, 6) is 0. The normalized spacial score (nSPS) is 10.1. The van der Waals surface area contributed by atoms with Crippen molar-refractivity contribution in [3.8, 4) is 0 Å². The highest BCUT2D eigenvalue weighted by Gasteiger charge is 2.42. The molecule has 0 atom stereocenters. The van der Waals surface area contributed by atoms with Crippen LogP contribution in [0.1, 0.15) is 18.4 Å². The molecule has 1 aromatic heterocycles. The first kappa shape index (κ1) is 28.4. The maximum atomic E-state index is 5.56. The number of rotatable bonds is 6. The van der Waals surface area contributed by atoms with Crippen molar-refractivity contribution in [1.82, 2.24) is 4.98 Å². The molecule has 0 spiro atoms. The second-order valence-corrected chi connectivity index (χ2v) is 8.17. The molecule has 4 nitrogen and oxygen atoms in total. The second kappa shape index (κ2) is 12.9. The summed E-state index contributed by atoms with van der Waals surface area (Å²) in [4.78, 5) is 4.73. The molecule has 0 aliphatic rings. The number of hydrogen-bond acceptors (Lipinski definition) is 5. The molecule has 0 aliphatic heterocycles. The molecular weight excluding hydrogens is 407 g/mol. The highest BCUT2D eigenvalue weighted by atomic mass is 32.1. The van der Waals surface area contributed by atoms with Crippen LogP contribution in [0.2, 0.25) is 0 Å². The van der Waals surface area contributed by atoms with Crippen LogP contribution in [-0.2, 0) is 19.7 Å². The molecule has 0 N–H and O–H groups in total. The molecule has 0 saturated heterocycles. The monoisotopic (exact) mass is 433 g/mol. The van der Waals surface area contributed by atoms with E-state index in [4.69, 9.17) is 18.3 Å². The van der Waals surface area contributed by atoms with Crippen LogP contribution in [0, 0.1) is 0 Å². The quantitative estimate of drug-likeness (QED) is 0.657. The third kappa shape index (κ3) is 5.82. The van der Waals surface area contributed by atoms with Crippen LogP contribution < -0.4 is 5.19 Å². The zero-order valence-corrected chi connectivity index (χ0v) is 19.5. The van der Waals surface area contributed by atoms with Gasteiger partial charge in [0, 0.05) is 26.5 Å². The fourth-order valence-electron chi connectivity index (χ4n) is 2.14. The third-order valence-corrected chi connectivity index (χ3v) is 6.82. The van der Waals surface area contributed by atoms with Gasteiger partial charge in [-0.15, -0.1) is 11.3 Å². The maximum Gasteiger partial charge on any atom is 0.538 e. The Morgan fingerprint density at radius 2 is 1.57 bits per heavy atom. The highest BCUT2D eigenvalue weighted by Crippen LogP contribution is 2.24. The van der Waals surface area contributed by atoms with Gasteiger partial charge < -0.3 is 13.3 Å². The smallest absolute Gasteiger partial charge is 0.373 e. The number of hydrogen-bond donors (Lipinski definition) is 0. The Morgan fingerprint density at radius 1 is 1.00 bits per heavy atom. The summed E-state index contributed by atoms with van der Waals surface area (Å²) in [6, 6.07) is 6.07. The number of thiazole rings is 1. The molecule has 0 bridgehead atoms. The lowest BCUT2D eigenvalue weighted by atomic mass is 10.3. The van der Waals surface area contributed by atoms with Gasteiger partial charge in [0.2, 0.25) is 0 Å². The van der Waals surface area contributed by atoms with Gasteiger partial charge in [0.15, 0.2) is 0 Å². The molecule has 1 aromatic carbocycles. The molecule has 1 heterocycles. The number of nitrogens with zero attached hydrogens (tertiary/aromatic N) is 1. The van der Waals surface area contributed by atoms with E-state index in [1.165, 1.54) is 0 Å². The van der Waals surface area contributed by atoms with Crippen LogP contribution in [-0.4, -0.2) is 35.1 Å². The minimum absolute atomic E-state index is 0. The average Bonchev–Trinajstić information content (AvgIpc) is 2.85. The molecule has 0 radical (unpaired) electrons. The van der Waals surface area contributed by atoms with Crippen molar-refractivity contribution in [2.24, 2.45) is 0 Å². The van der Waals surface area contributed by atoms with Crippen molar-refractivity contribution in [3.05, 3.63) is 23.2 Å². The first-order valence-corrected chi connectivity index (χ1v) is 8.79. The molecule has 0 aliphatic carbocycles. The van der Waals surface area contributed by atoms with E-state index in [-0.39, 0.29) is 54.0 Å². The number of para-hydroxylation sites is 1. The molecule has 136 valence electrons. The summed E-state index contributed by atoms with van der Waals surface area (Å²) in [6.45, 7) is 2.16. The van der Waals surface area contributed by atoms with E-state index in [1.807, 2.05) is 12.1 Å². The first-order valence-electron chi connectivity index (χ1n) is 6.25. The number of aromatic nitrogens is 1. The summed E-state index contributed by atoms with van der Waals surface area (Å²) >= 11 is 1.73. The van der Waals surface area contributed by atoms with Gasteiger partial charge in [0.25, 0.3) is 0 Å². The van der Waals surface area contributed by atoms with E-state index >= 15 is 0 Å². The largest absolute Gasteiger partial charge is 0.538 e. The minimum Gasteiger partial charge on any atom is -0.373 e. The minimum atomic E-state index is -2.82. The van der Waals surface area contributed by atoms with Crippen LogP contribution in [0.5, 0.6) is 0 Å². The van der Waals surface area contributed by atoms with Crippen molar-refractivity contribution in [1.29, 1.82) is 0 Å². The fourth-order valence-corrected chi connectivity index (χ4v) is 5.27. The SMILES string of the molecule is CCCc1nc2c([Si](OC)(OC)OC)cccc2s1.S.S.S.S. The van der Waals surface area contributed by atoms with Crippen molar-refractivity contribution < 1.29 is 13.3 Å². The van der Waals surface area contributed by atoms with Gasteiger partial charge >= 0.3 is 8.80 Å². The van der Waals surface area contributed by atoms with Crippen LogP contribution in [0.25, 0.3) is 10.2 Å². The Balaban J connectivity index is -0.000001000. The van der Waals surface area contributed by atoms with Crippen molar-refractivity contribution in [2.45, 2.75) is 19.8 Å². The van der Waals surface area contributed by atoms with E-state index < -0.39 is 8.80 Å². The molecule has 0 amide bonds. The van der Waals surface area contributed by atoms with E-state index in [2.05, 4.69) is 13.0 Å². The summed E-state index contributed by atoms with van der Waals surface area (Å²) in [6.07, 6.45) is 2.09. The van der Waals surface area contributed by atoms with Gasteiger partial charge in [0.05, 0.1) is 15.2 Å². The molecule has 2 aromatic rings. The Morgan fingerprint density at radius 3 is 2.04 bits per heavy atom. The average molecular weight is 434 g/mol. The Kier molecular flexibility index (Phi) is 15.9. The van der Waals surface area contributed by atoms with Crippen LogP contribution >= 0.6 is 65.3 Å². The molecule has 10 heteroatoms. The Labute approximate surface area is 171 Å². The van der Waals surface area contributed by atoms with Gasteiger partial charge in [-0.1, -0.05) is 19.1 Å². The molecule has 0 fully saturated rings. The van der Waals surface area contributed by atoms with E-state index in [1.54, 1.807) is 32.7 Å². The summed E-state index contributed by atoms with van der Waals surface area (Å²) in [7, 11) is 2.04. The zero-order valence-electron chi connectivity index (χ0n) is 13.7. The molecule has 2 rings (SSSR count). The van der Waals surface area contributed by atoms with Crippen LogP contribution in [0.15, 0.2) is 18.2 Å². The van der Waals surface area contributed by atoms with E-state index in [9.17, 15) is 0 Å². The number of aryl methyl sites for hydroxylation is 1. The van der Waals surface area contributed by atoms with Gasteiger partial charge in [-0.3, -0.25) is 0 Å². The van der Waals surface area contributed by atoms with E-state index in [0.29, 0.717) is 0 Å². The number of fused-ring (bicyclic) bond motifs is 1. The lowest BCUT2D eigenvalue weighted by Crippen LogP contribution is -2.55. The lowest BCUT2D eigenvalue weighted by Gasteiger charge is -2.24. The zero-order chi connectivity index (χ0) is 13.9. The van der Waals surface area contributed by atoms with Gasteiger partial charge in [0.1, 0.15) is 0 Å². The molecular formula is C13H27NO3S5Si. The molecule has 23 heavy (non-hydrogen) atoms. The first-order chi connectivity index (χ1) is 9.20. The number of benzene rings is 1. The third-order valence-electron chi connectivity index (χ3n) is 3.06. The standard InChI is InChI=1S/C13H19NO3SSi.4H2S/c1-5-7-12-14-13-10(18-12)8-6-9-11(13)19(15-2,16-3)17-4;;;;/h6,8-9H,5,7H2,1-4H3;4*1H2. The summed E-state index contributed by atoms with van der Waals surface area (Å²) in [5, 5.41) is 2.09. The van der Waals surface area contributed by atoms with Crippen molar-refractivity contribution in [2.75, 3.05) is 21.3 Å². The predicted molar refractivity (Wildman–Crippen MR) is 122 cm³/mol.